The smallest absolute Gasteiger partial charge is 0.251 e. The lowest BCUT2D eigenvalue weighted by Crippen LogP contribution is -2.32. The molecule has 0 heterocycles. The van der Waals surface area contributed by atoms with Gasteiger partial charge in [-0.15, -0.1) is 12.4 Å². The summed E-state index contributed by atoms with van der Waals surface area (Å²) in [5, 5.41) is 11.8. The van der Waals surface area contributed by atoms with Crippen molar-refractivity contribution in [3.63, 3.8) is 0 Å². The summed E-state index contributed by atoms with van der Waals surface area (Å²) in [5.41, 5.74) is 7.19. The molecule has 0 saturated heterocycles. The van der Waals surface area contributed by atoms with Crippen molar-refractivity contribution in [1.82, 2.24) is 5.32 Å². The molecule has 18 heavy (non-hydrogen) atoms. The fourth-order valence-electron chi connectivity index (χ4n) is 1.61. The Morgan fingerprint density at radius 2 is 2.00 bits per heavy atom. The first-order chi connectivity index (χ1) is 8.04. The highest BCUT2D eigenvalue weighted by atomic mass is 35.5. The van der Waals surface area contributed by atoms with E-state index >= 15 is 0 Å². The van der Waals surface area contributed by atoms with Crippen molar-refractivity contribution in [1.29, 1.82) is 0 Å². The highest BCUT2D eigenvalue weighted by Crippen LogP contribution is 2.11. The van der Waals surface area contributed by atoms with Crippen LogP contribution in [0, 0.1) is 0 Å². The molecule has 1 amide bonds. The van der Waals surface area contributed by atoms with Crippen LogP contribution in [0.3, 0.4) is 0 Å². The molecule has 1 rings (SSSR count). The number of hydrogen-bond acceptors (Lipinski definition) is 3. The lowest BCUT2D eigenvalue weighted by Gasteiger charge is -2.14. The van der Waals surface area contributed by atoms with Gasteiger partial charge in [-0.1, -0.05) is 18.2 Å². The number of benzene rings is 1. The average Bonchev–Trinajstić information content (AvgIpc) is 2.28. The standard InChI is InChI=1S/C13H20N2O2.ClH/c1-9(2)15-13(17)12-6-4-3-5-10(12)7-11(14)8-16;/h3-6,9,11,16H,7-8,14H2,1-2H3,(H,15,17);1H/t11-;/m1./s1. The summed E-state index contributed by atoms with van der Waals surface area (Å²) < 4.78 is 0. The summed E-state index contributed by atoms with van der Waals surface area (Å²) in [4.78, 5) is 11.9. The van der Waals surface area contributed by atoms with Gasteiger partial charge in [0.05, 0.1) is 6.61 Å². The van der Waals surface area contributed by atoms with E-state index in [9.17, 15) is 4.79 Å². The first-order valence-electron chi connectivity index (χ1n) is 5.79. The van der Waals surface area contributed by atoms with Gasteiger partial charge in [0, 0.05) is 17.6 Å². The number of halogens is 1. The number of carbonyl (C=O) groups excluding carboxylic acids is 1. The van der Waals surface area contributed by atoms with Crippen LogP contribution in [0.25, 0.3) is 0 Å². The van der Waals surface area contributed by atoms with Crippen molar-refractivity contribution in [3.8, 4) is 0 Å². The van der Waals surface area contributed by atoms with E-state index in [-0.39, 0.29) is 37.0 Å². The molecule has 1 atom stereocenters. The second-order valence-electron chi connectivity index (χ2n) is 4.43. The van der Waals surface area contributed by atoms with E-state index in [0.29, 0.717) is 12.0 Å². The quantitative estimate of drug-likeness (QED) is 0.752. The summed E-state index contributed by atoms with van der Waals surface area (Å²) in [5.74, 6) is -0.0965. The summed E-state index contributed by atoms with van der Waals surface area (Å²) in [6, 6.07) is 7.10. The van der Waals surface area contributed by atoms with E-state index in [4.69, 9.17) is 10.8 Å². The van der Waals surface area contributed by atoms with Crippen molar-refractivity contribution in [2.24, 2.45) is 5.73 Å². The van der Waals surface area contributed by atoms with Crippen LogP contribution >= 0.6 is 12.4 Å². The Hall–Kier alpha value is -1.10. The second kappa shape index (κ2) is 8.08. The molecular formula is C13H21ClN2O2. The molecule has 0 spiro atoms. The minimum absolute atomic E-state index is 0. The molecule has 5 heteroatoms. The minimum Gasteiger partial charge on any atom is -0.395 e. The lowest BCUT2D eigenvalue weighted by molar-refractivity contribution is 0.0942. The summed E-state index contributed by atoms with van der Waals surface area (Å²) in [6.45, 7) is 3.75. The zero-order chi connectivity index (χ0) is 12.8. The maximum absolute atomic E-state index is 11.9. The fraction of sp³-hybridized carbons (Fsp3) is 0.462. The number of aliphatic hydroxyl groups is 1. The average molecular weight is 273 g/mol. The van der Waals surface area contributed by atoms with Crippen LogP contribution in [0.4, 0.5) is 0 Å². The van der Waals surface area contributed by atoms with Crippen LogP contribution in [-0.4, -0.2) is 29.7 Å². The van der Waals surface area contributed by atoms with E-state index in [2.05, 4.69) is 5.32 Å². The Morgan fingerprint density at radius 1 is 1.39 bits per heavy atom. The van der Waals surface area contributed by atoms with Gasteiger partial charge in [-0.25, -0.2) is 0 Å². The number of nitrogens with two attached hydrogens (primary N) is 1. The molecular weight excluding hydrogens is 252 g/mol. The normalized spacial score (nSPS) is 11.8. The monoisotopic (exact) mass is 272 g/mol. The van der Waals surface area contributed by atoms with Gasteiger partial charge < -0.3 is 16.2 Å². The van der Waals surface area contributed by atoms with Gasteiger partial charge >= 0.3 is 0 Å². The number of rotatable bonds is 5. The molecule has 102 valence electrons. The van der Waals surface area contributed by atoms with Crippen LogP contribution in [0.15, 0.2) is 24.3 Å². The topological polar surface area (TPSA) is 75.4 Å². The number of aliphatic hydroxyl groups excluding tert-OH is 1. The van der Waals surface area contributed by atoms with Crippen LogP contribution in [-0.2, 0) is 6.42 Å². The molecule has 4 nitrogen and oxygen atoms in total. The largest absolute Gasteiger partial charge is 0.395 e. The highest BCUT2D eigenvalue weighted by Gasteiger charge is 2.13. The molecule has 0 radical (unpaired) electrons. The van der Waals surface area contributed by atoms with Gasteiger partial charge in [0.15, 0.2) is 0 Å². The van der Waals surface area contributed by atoms with Crippen molar-refractivity contribution < 1.29 is 9.90 Å². The van der Waals surface area contributed by atoms with E-state index < -0.39 is 0 Å². The van der Waals surface area contributed by atoms with Crippen molar-refractivity contribution >= 4 is 18.3 Å². The van der Waals surface area contributed by atoms with Crippen LogP contribution in [0.5, 0.6) is 0 Å². The molecule has 0 aliphatic heterocycles. The third-order valence-corrected chi connectivity index (χ3v) is 2.40. The maximum Gasteiger partial charge on any atom is 0.251 e. The Bertz CT molecular complexity index is 383. The predicted molar refractivity (Wildman–Crippen MR) is 75.1 cm³/mol. The van der Waals surface area contributed by atoms with Crippen molar-refractivity contribution in [3.05, 3.63) is 35.4 Å². The van der Waals surface area contributed by atoms with Crippen LogP contribution in [0.2, 0.25) is 0 Å². The third kappa shape index (κ3) is 5.04. The zero-order valence-corrected chi connectivity index (χ0v) is 11.5. The fourth-order valence-corrected chi connectivity index (χ4v) is 1.61. The molecule has 0 saturated carbocycles. The summed E-state index contributed by atoms with van der Waals surface area (Å²) >= 11 is 0. The summed E-state index contributed by atoms with van der Waals surface area (Å²) in [7, 11) is 0. The molecule has 0 aromatic heterocycles. The van der Waals surface area contributed by atoms with E-state index in [1.54, 1.807) is 6.07 Å². The second-order valence-corrected chi connectivity index (χ2v) is 4.43. The highest BCUT2D eigenvalue weighted by molar-refractivity contribution is 5.95. The Labute approximate surface area is 114 Å². The first-order valence-corrected chi connectivity index (χ1v) is 5.79. The Morgan fingerprint density at radius 3 is 2.56 bits per heavy atom. The molecule has 0 bridgehead atoms. The number of amides is 1. The Balaban J connectivity index is 0.00000289. The van der Waals surface area contributed by atoms with E-state index in [1.165, 1.54) is 0 Å². The first kappa shape index (κ1) is 16.9. The van der Waals surface area contributed by atoms with Gasteiger partial charge in [-0.3, -0.25) is 4.79 Å². The molecule has 4 N–H and O–H groups in total. The SMILES string of the molecule is CC(C)NC(=O)c1ccccc1C[C@@H](N)CO.Cl. The number of carbonyl (C=O) groups is 1. The summed E-state index contributed by atoms with van der Waals surface area (Å²) in [6.07, 6.45) is 0.498. The van der Waals surface area contributed by atoms with Crippen molar-refractivity contribution in [2.45, 2.75) is 32.4 Å². The Kier molecular flexibility index (Phi) is 7.59. The third-order valence-electron chi connectivity index (χ3n) is 2.40. The molecule has 1 aromatic rings. The zero-order valence-electron chi connectivity index (χ0n) is 10.7. The van der Waals surface area contributed by atoms with Gasteiger partial charge in [-0.2, -0.15) is 0 Å². The van der Waals surface area contributed by atoms with Crippen molar-refractivity contribution in [2.75, 3.05) is 6.61 Å². The molecule has 0 unspecified atom stereocenters. The maximum atomic E-state index is 11.9. The minimum atomic E-state index is -0.331. The van der Waals surface area contributed by atoms with Gasteiger partial charge in [0.25, 0.3) is 5.91 Å². The molecule has 0 aliphatic carbocycles. The number of hydrogen-bond donors (Lipinski definition) is 3. The van der Waals surface area contributed by atoms with Gasteiger partial charge in [-0.05, 0) is 31.9 Å². The van der Waals surface area contributed by atoms with E-state index in [1.807, 2.05) is 32.0 Å². The molecule has 1 aromatic carbocycles. The predicted octanol–water partition coefficient (Wildman–Crippen LogP) is 1.11. The number of nitrogens with one attached hydrogen (secondary N) is 1. The van der Waals surface area contributed by atoms with Crippen LogP contribution < -0.4 is 11.1 Å². The van der Waals surface area contributed by atoms with Gasteiger partial charge in [0.2, 0.25) is 0 Å². The molecule has 0 aliphatic rings. The van der Waals surface area contributed by atoms with Gasteiger partial charge in [0.1, 0.15) is 0 Å². The molecule has 0 fully saturated rings. The van der Waals surface area contributed by atoms with E-state index in [0.717, 1.165) is 5.56 Å². The van der Waals surface area contributed by atoms with Crippen LogP contribution in [0.1, 0.15) is 29.8 Å². The lowest BCUT2D eigenvalue weighted by atomic mass is 10.00.